The second kappa shape index (κ2) is 15.2. The molecule has 0 saturated carbocycles. The molecule has 14 heteroatoms. The standard InChI is InChI=1S/C34H31F4N3O5S2/c35-28-11-8-23(20-27(28)34(36,37)38)22-3-1-4-24(19-22)26(5-2-13-40-15-17-46-18-16-40)30-31(43)41(33(47)48-30)14-12-29(42)39-25-9-6-21(7-10-25)32(44)45/h1,3-11,19-20,43H,2,12-18H2,(H,39,42)(H,44,45). The van der Waals surface area contributed by atoms with Gasteiger partial charge in [-0.3, -0.25) is 14.3 Å². The molecule has 1 amide bonds. The number of nitrogens with zero attached hydrogens (tertiary/aromatic N) is 2. The van der Waals surface area contributed by atoms with Gasteiger partial charge in [-0.15, -0.1) is 11.3 Å². The van der Waals surface area contributed by atoms with Gasteiger partial charge in [-0.05, 0) is 77.8 Å². The molecule has 0 spiro atoms. The highest BCUT2D eigenvalue weighted by Crippen LogP contribution is 2.39. The SMILES string of the molecule is O=C(CCn1c(O)c(C(=CCCN2CCOCC2)c2cccc(-c3ccc(F)c(C(F)(F)F)c3)c2)sc1=S)Nc1ccc(C(=O)O)cc1. The number of carbonyl (C=O) groups excluding carboxylic acids is 1. The molecule has 3 aromatic carbocycles. The zero-order valence-corrected chi connectivity index (χ0v) is 27.1. The van der Waals surface area contributed by atoms with Gasteiger partial charge in [-0.1, -0.05) is 30.3 Å². The molecule has 0 bridgehead atoms. The van der Waals surface area contributed by atoms with E-state index < -0.39 is 23.5 Å². The predicted octanol–water partition coefficient (Wildman–Crippen LogP) is 7.69. The Morgan fingerprint density at radius 2 is 1.69 bits per heavy atom. The van der Waals surface area contributed by atoms with Gasteiger partial charge in [-0.25, -0.2) is 9.18 Å². The molecule has 1 aliphatic heterocycles. The van der Waals surface area contributed by atoms with E-state index in [0.717, 1.165) is 36.6 Å². The van der Waals surface area contributed by atoms with Crippen LogP contribution in [0.2, 0.25) is 0 Å². The molecule has 1 fully saturated rings. The fourth-order valence-electron chi connectivity index (χ4n) is 5.25. The molecule has 0 aliphatic carbocycles. The molecular formula is C34H31F4N3O5S2. The normalized spacial score (nSPS) is 14.2. The Labute approximate surface area is 282 Å². The van der Waals surface area contributed by atoms with Crippen molar-refractivity contribution in [3.63, 3.8) is 0 Å². The van der Waals surface area contributed by atoms with Crippen molar-refractivity contribution < 1.29 is 42.1 Å². The number of aromatic hydroxyl groups is 1. The van der Waals surface area contributed by atoms with Crippen LogP contribution in [0.5, 0.6) is 5.88 Å². The number of anilines is 1. The largest absolute Gasteiger partial charge is 0.493 e. The number of rotatable bonds is 11. The monoisotopic (exact) mass is 701 g/mol. The van der Waals surface area contributed by atoms with Crippen LogP contribution in [-0.2, 0) is 22.3 Å². The molecule has 0 unspecified atom stereocenters. The highest BCUT2D eigenvalue weighted by molar-refractivity contribution is 7.73. The number of amides is 1. The summed E-state index contributed by atoms with van der Waals surface area (Å²) in [7, 11) is 0. The third-order valence-corrected chi connectivity index (χ3v) is 9.24. The molecule has 48 heavy (non-hydrogen) atoms. The second-order valence-electron chi connectivity index (χ2n) is 11.0. The first-order valence-corrected chi connectivity index (χ1v) is 16.2. The molecule has 1 saturated heterocycles. The van der Waals surface area contributed by atoms with Crippen LogP contribution >= 0.6 is 23.6 Å². The number of ether oxygens (including phenoxy) is 1. The fourth-order valence-corrected chi connectivity index (χ4v) is 6.65. The van der Waals surface area contributed by atoms with E-state index in [4.69, 9.17) is 22.1 Å². The Hall–Kier alpha value is -4.37. The van der Waals surface area contributed by atoms with E-state index in [2.05, 4.69) is 10.2 Å². The smallest absolute Gasteiger partial charge is 0.419 e. The van der Waals surface area contributed by atoms with Gasteiger partial charge in [0.05, 0.1) is 29.2 Å². The van der Waals surface area contributed by atoms with Crippen molar-refractivity contribution in [3.05, 3.63) is 104 Å². The topological polar surface area (TPSA) is 104 Å². The van der Waals surface area contributed by atoms with Crippen molar-refractivity contribution in [1.82, 2.24) is 9.47 Å². The van der Waals surface area contributed by atoms with Gasteiger partial charge in [0.1, 0.15) is 5.82 Å². The lowest BCUT2D eigenvalue weighted by Gasteiger charge is -2.26. The zero-order valence-electron chi connectivity index (χ0n) is 25.4. The van der Waals surface area contributed by atoms with E-state index in [-0.39, 0.29) is 35.9 Å². The summed E-state index contributed by atoms with van der Waals surface area (Å²) in [5, 5.41) is 23.2. The maximum absolute atomic E-state index is 14.0. The predicted molar refractivity (Wildman–Crippen MR) is 177 cm³/mol. The van der Waals surface area contributed by atoms with E-state index in [1.165, 1.54) is 34.9 Å². The van der Waals surface area contributed by atoms with Crippen LogP contribution in [-0.4, -0.2) is 64.4 Å². The molecule has 5 rings (SSSR count). The number of carboxylic acid groups (broad SMARTS) is 1. The minimum Gasteiger partial charge on any atom is -0.493 e. The van der Waals surface area contributed by atoms with Crippen molar-refractivity contribution in [2.45, 2.75) is 25.6 Å². The van der Waals surface area contributed by atoms with Crippen molar-refractivity contribution >= 4 is 46.7 Å². The number of alkyl halides is 3. The molecule has 1 aliphatic rings. The van der Waals surface area contributed by atoms with Crippen LogP contribution in [0, 0.1) is 9.77 Å². The summed E-state index contributed by atoms with van der Waals surface area (Å²) >= 11 is 6.71. The highest BCUT2D eigenvalue weighted by Gasteiger charge is 2.34. The lowest BCUT2D eigenvalue weighted by atomic mass is 9.96. The number of aromatic nitrogens is 1. The van der Waals surface area contributed by atoms with Gasteiger partial charge < -0.3 is 20.3 Å². The summed E-state index contributed by atoms with van der Waals surface area (Å²) in [4.78, 5) is 26.4. The number of benzene rings is 3. The number of hydrogen-bond acceptors (Lipinski definition) is 7. The number of aromatic carboxylic acids is 1. The van der Waals surface area contributed by atoms with E-state index in [1.54, 1.807) is 24.3 Å². The Morgan fingerprint density at radius 1 is 0.979 bits per heavy atom. The summed E-state index contributed by atoms with van der Waals surface area (Å²) in [6, 6.07) is 15.3. The molecule has 3 N–H and O–H groups in total. The van der Waals surface area contributed by atoms with Crippen LogP contribution in [0.1, 0.15) is 39.2 Å². The molecule has 8 nitrogen and oxygen atoms in total. The molecule has 2 heterocycles. The van der Waals surface area contributed by atoms with Gasteiger partial charge in [0.25, 0.3) is 0 Å². The number of thiazole rings is 1. The second-order valence-corrected chi connectivity index (χ2v) is 12.6. The van der Waals surface area contributed by atoms with Gasteiger partial charge in [-0.2, -0.15) is 13.2 Å². The summed E-state index contributed by atoms with van der Waals surface area (Å²) < 4.78 is 61.6. The first-order chi connectivity index (χ1) is 22.9. The molecule has 252 valence electrons. The number of morpholine rings is 1. The highest BCUT2D eigenvalue weighted by atomic mass is 32.1. The van der Waals surface area contributed by atoms with Crippen LogP contribution in [0.25, 0.3) is 16.7 Å². The third kappa shape index (κ3) is 8.55. The first kappa shape index (κ1) is 35.0. The average Bonchev–Trinajstić information content (AvgIpc) is 3.34. The number of carboxylic acids is 1. The average molecular weight is 702 g/mol. The minimum atomic E-state index is -4.86. The number of hydrogen-bond donors (Lipinski definition) is 3. The number of halogens is 4. The molecule has 1 aromatic heterocycles. The Morgan fingerprint density at radius 3 is 2.38 bits per heavy atom. The Kier molecular flexibility index (Phi) is 11.1. The van der Waals surface area contributed by atoms with Crippen molar-refractivity contribution in [2.75, 3.05) is 38.2 Å². The van der Waals surface area contributed by atoms with Gasteiger partial charge in [0.15, 0.2) is 3.95 Å². The molecule has 0 radical (unpaired) electrons. The van der Waals surface area contributed by atoms with Crippen molar-refractivity contribution in [2.24, 2.45) is 0 Å². The van der Waals surface area contributed by atoms with E-state index in [1.807, 2.05) is 6.08 Å². The summed E-state index contributed by atoms with van der Waals surface area (Å²) in [6.07, 6.45) is -2.38. The number of carbonyl (C=O) groups is 2. The van der Waals surface area contributed by atoms with Crippen molar-refractivity contribution in [1.29, 1.82) is 0 Å². The first-order valence-electron chi connectivity index (χ1n) is 14.9. The van der Waals surface area contributed by atoms with Crippen LogP contribution in [0.3, 0.4) is 0 Å². The summed E-state index contributed by atoms with van der Waals surface area (Å²) in [6.45, 7) is 3.57. The van der Waals surface area contributed by atoms with E-state index >= 15 is 0 Å². The fraction of sp³-hybridized carbons (Fsp3) is 0.265. The van der Waals surface area contributed by atoms with Crippen LogP contribution in [0.4, 0.5) is 23.2 Å². The van der Waals surface area contributed by atoms with E-state index in [0.29, 0.717) is 57.4 Å². The summed E-state index contributed by atoms with van der Waals surface area (Å²) in [5.41, 5.74) is 0.951. The Bertz CT molecular complexity index is 1880. The molecular weight excluding hydrogens is 671 g/mol. The maximum atomic E-state index is 14.0. The number of nitrogens with one attached hydrogen (secondary N) is 1. The maximum Gasteiger partial charge on any atom is 0.419 e. The Balaban J connectivity index is 1.42. The minimum absolute atomic E-state index is 0.0452. The lowest BCUT2D eigenvalue weighted by molar-refractivity contribution is -0.140. The van der Waals surface area contributed by atoms with E-state index in [9.17, 15) is 32.3 Å². The zero-order chi connectivity index (χ0) is 34.4. The van der Waals surface area contributed by atoms with Gasteiger partial charge in [0.2, 0.25) is 11.8 Å². The van der Waals surface area contributed by atoms with Crippen LogP contribution in [0.15, 0.2) is 72.8 Å². The molecule has 4 aromatic rings. The molecule has 0 atom stereocenters. The van der Waals surface area contributed by atoms with Gasteiger partial charge in [0, 0.05) is 43.9 Å². The van der Waals surface area contributed by atoms with Crippen LogP contribution < -0.4 is 5.32 Å². The summed E-state index contributed by atoms with van der Waals surface area (Å²) in [5.74, 6) is -2.98. The quantitative estimate of drug-likeness (QED) is 0.109. The van der Waals surface area contributed by atoms with Gasteiger partial charge >= 0.3 is 12.1 Å². The lowest BCUT2D eigenvalue weighted by Crippen LogP contribution is -2.36. The van der Waals surface area contributed by atoms with Crippen molar-refractivity contribution in [3.8, 4) is 17.0 Å². The third-order valence-electron chi connectivity index (χ3n) is 7.77.